The molecular weight excluding hydrogens is 421 g/mol. The van der Waals surface area contributed by atoms with E-state index < -0.39 is 6.09 Å². The number of nitrogens with zero attached hydrogens (tertiary/aromatic N) is 3. The van der Waals surface area contributed by atoms with E-state index in [-0.39, 0.29) is 12.6 Å². The zero-order valence-electron chi connectivity index (χ0n) is 17.3. The normalized spacial score (nSPS) is 12.0. The molecule has 0 aliphatic carbocycles. The molecule has 0 bridgehead atoms. The van der Waals surface area contributed by atoms with Gasteiger partial charge in [0.1, 0.15) is 12.5 Å². The number of carboxylic acid groups (broad SMARTS) is 1. The van der Waals surface area contributed by atoms with Crippen molar-refractivity contribution in [3.8, 4) is 0 Å². The van der Waals surface area contributed by atoms with Gasteiger partial charge in [-0.25, -0.2) is 9.78 Å². The van der Waals surface area contributed by atoms with E-state index in [1.807, 2.05) is 22.9 Å². The van der Waals surface area contributed by atoms with Crippen LogP contribution in [0.5, 0.6) is 0 Å². The lowest BCUT2D eigenvalue weighted by atomic mass is 9.93. The van der Waals surface area contributed by atoms with Gasteiger partial charge in [0, 0.05) is 34.9 Å². The number of aryl methyl sites for hydroxylation is 1. The van der Waals surface area contributed by atoms with Gasteiger partial charge in [0.15, 0.2) is 0 Å². The van der Waals surface area contributed by atoms with Crippen molar-refractivity contribution >= 4 is 29.3 Å². The molecule has 0 spiro atoms. The smallest absolute Gasteiger partial charge is 0.408 e. The quantitative estimate of drug-likeness (QED) is 0.474. The van der Waals surface area contributed by atoms with Gasteiger partial charge in [0.2, 0.25) is 0 Å². The van der Waals surface area contributed by atoms with Crippen LogP contribution in [0.4, 0.5) is 4.79 Å². The Bertz CT molecular complexity index is 1050. The fourth-order valence-electron chi connectivity index (χ4n) is 3.59. The lowest BCUT2D eigenvalue weighted by Crippen LogP contribution is -2.34. The summed E-state index contributed by atoms with van der Waals surface area (Å²) in [5.41, 5.74) is 4.51. The topological polar surface area (TPSA) is 58.4 Å². The van der Waals surface area contributed by atoms with Crippen molar-refractivity contribution in [2.75, 3.05) is 6.54 Å². The fourth-order valence-corrected chi connectivity index (χ4v) is 4.10. The molecule has 1 amide bonds. The number of hydrogen-bond acceptors (Lipinski definition) is 2. The minimum atomic E-state index is -0.987. The predicted molar refractivity (Wildman–Crippen MR) is 121 cm³/mol. The van der Waals surface area contributed by atoms with Gasteiger partial charge < -0.3 is 9.67 Å². The highest BCUT2D eigenvalue weighted by molar-refractivity contribution is 6.35. The van der Waals surface area contributed by atoms with Crippen molar-refractivity contribution in [2.45, 2.75) is 39.8 Å². The molecule has 0 aliphatic heterocycles. The zero-order chi connectivity index (χ0) is 21.8. The first-order chi connectivity index (χ1) is 14.3. The minimum Gasteiger partial charge on any atom is -0.465 e. The van der Waals surface area contributed by atoms with Crippen molar-refractivity contribution in [1.82, 2.24) is 14.5 Å². The van der Waals surface area contributed by atoms with Crippen molar-refractivity contribution in [2.24, 2.45) is 0 Å². The molecule has 1 N–H and O–H groups in total. The third kappa shape index (κ3) is 4.97. The Balaban J connectivity index is 1.78. The van der Waals surface area contributed by atoms with Crippen molar-refractivity contribution < 1.29 is 9.90 Å². The summed E-state index contributed by atoms with van der Waals surface area (Å²) < 4.78 is 1.89. The summed E-state index contributed by atoms with van der Waals surface area (Å²) in [7, 11) is 0. The number of amides is 1. The van der Waals surface area contributed by atoms with Gasteiger partial charge in [-0.3, -0.25) is 4.90 Å². The maximum absolute atomic E-state index is 11.9. The summed E-state index contributed by atoms with van der Waals surface area (Å²) in [5.74, 6) is 0.876. The van der Waals surface area contributed by atoms with Gasteiger partial charge in [-0.15, -0.1) is 0 Å². The van der Waals surface area contributed by atoms with Crippen LogP contribution in [-0.2, 0) is 13.1 Å². The molecule has 0 fully saturated rings. The number of halogens is 2. The van der Waals surface area contributed by atoms with Crippen LogP contribution < -0.4 is 0 Å². The maximum atomic E-state index is 11.9. The number of carbonyl (C=O) groups is 1. The van der Waals surface area contributed by atoms with Gasteiger partial charge in [-0.05, 0) is 54.7 Å². The minimum absolute atomic E-state index is 0.0428. The average molecular weight is 446 g/mol. The van der Waals surface area contributed by atoms with Gasteiger partial charge >= 0.3 is 6.09 Å². The molecule has 1 heterocycles. The second kappa shape index (κ2) is 9.54. The molecule has 3 aromatic rings. The summed E-state index contributed by atoms with van der Waals surface area (Å²) in [6, 6.07) is 11.5. The largest absolute Gasteiger partial charge is 0.465 e. The van der Waals surface area contributed by atoms with Crippen molar-refractivity contribution in [3.05, 3.63) is 86.9 Å². The molecule has 158 valence electrons. The molecule has 0 saturated carbocycles. The van der Waals surface area contributed by atoms with Crippen LogP contribution in [0.1, 0.15) is 40.9 Å². The van der Waals surface area contributed by atoms with Gasteiger partial charge in [0.25, 0.3) is 0 Å². The van der Waals surface area contributed by atoms with Crippen molar-refractivity contribution in [1.29, 1.82) is 0 Å². The van der Waals surface area contributed by atoms with Crippen LogP contribution in [0.15, 0.2) is 48.8 Å². The van der Waals surface area contributed by atoms with E-state index in [9.17, 15) is 9.90 Å². The van der Waals surface area contributed by atoms with Crippen molar-refractivity contribution in [3.63, 3.8) is 0 Å². The molecule has 1 unspecified atom stereocenters. The van der Waals surface area contributed by atoms with E-state index in [1.165, 1.54) is 21.6 Å². The lowest BCUT2D eigenvalue weighted by molar-refractivity contribution is 0.131. The number of aromatic nitrogens is 2. The Labute approximate surface area is 186 Å². The second-order valence-electron chi connectivity index (χ2n) is 7.44. The summed E-state index contributed by atoms with van der Waals surface area (Å²) in [6.07, 6.45) is 3.05. The first kappa shape index (κ1) is 22.2. The third-order valence-corrected chi connectivity index (χ3v) is 6.09. The number of imidazole rings is 1. The van der Waals surface area contributed by atoms with Crippen LogP contribution in [0.2, 0.25) is 10.0 Å². The summed E-state index contributed by atoms with van der Waals surface area (Å²) in [6.45, 7) is 6.80. The highest BCUT2D eigenvalue weighted by Gasteiger charge is 2.20. The van der Waals surface area contributed by atoms with E-state index in [4.69, 9.17) is 23.2 Å². The first-order valence-corrected chi connectivity index (χ1v) is 10.5. The fraction of sp³-hybridized carbons (Fsp3) is 0.304. The highest BCUT2D eigenvalue weighted by atomic mass is 35.5. The molecule has 1 aromatic heterocycles. The van der Waals surface area contributed by atoms with E-state index in [1.54, 1.807) is 18.3 Å². The summed E-state index contributed by atoms with van der Waals surface area (Å²) in [5, 5.41) is 10.8. The van der Waals surface area contributed by atoms with E-state index in [2.05, 4.69) is 37.9 Å². The molecule has 7 heteroatoms. The summed E-state index contributed by atoms with van der Waals surface area (Å²) >= 11 is 12.2. The molecule has 0 radical (unpaired) electrons. The second-order valence-corrected chi connectivity index (χ2v) is 8.28. The Hall–Kier alpha value is -2.50. The number of hydrogen-bond donors (Lipinski definition) is 1. The van der Waals surface area contributed by atoms with Crippen LogP contribution in [0, 0.1) is 13.8 Å². The first-order valence-electron chi connectivity index (χ1n) is 9.77. The molecule has 0 aliphatic rings. The van der Waals surface area contributed by atoms with Gasteiger partial charge in [-0.2, -0.15) is 0 Å². The highest BCUT2D eigenvalue weighted by Crippen LogP contribution is 2.27. The monoisotopic (exact) mass is 445 g/mol. The maximum Gasteiger partial charge on any atom is 0.408 e. The molecule has 3 rings (SSSR count). The Kier molecular flexibility index (Phi) is 7.06. The molecule has 30 heavy (non-hydrogen) atoms. The Morgan fingerprint density at radius 2 is 2.00 bits per heavy atom. The van der Waals surface area contributed by atoms with Gasteiger partial charge in [0.05, 0.1) is 0 Å². The van der Waals surface area contributed by atoms with Crippen LogP contribution in [0.3, 0.4) is 0 Å². The number of benzene rings is 2. The average Bonchev–Trinajstić information content (AvgIpc) is 3.16. The van der Waals surface area contributed by atoms with Crippen LogP contribution >= 0.6 is 23.2 Å². The Morgan fingerprint density at radius 3 is 2.70 bits per heavy atom. The predicted octanol–water partition coefficient (Wildman–Crippen LogP) is 6.14. The van der Waals surface area contributed by atoms with E-state index in [0.29, 0.717) is 23.0 Å². The molecule has 0 saturated heterocycles. The molecule has 5 nitrogen and oxygen atoms in total. The SMILES string of the molecule is Cc1cccc(C(C)c2nccn2CN(CCc2ccc(Cl)cc2Cl)C(=O)O)c1C. The van der Waals surface area contributed by atoms with E-state index >= 15 is 0 Å². The number of rotatable bonds is 7. The van der Waals surface area contributed by atoms with E-state index in [0.717, 1.165) is 11.4 Å². The molecular formula is C23H25Cl2N3O2. The van der Waals surface area contributed by atoms with Crippen LogP contribution in [-0.4, -0.2) is 32.2 Å². The lowest BCUT2D eigenvalue weighted by Gasteiger charge is -2.23. The standard InChI is InChI=1S/C23H25Cl2N3O2/c1-15-5-4-6-20(16(15)2)17(3)22-26-10-12-27(22)14-28(23(29)30)11-9-18-7-8-19(24)13-21(18)25/h4-8,10,12-13,17H,9,11,14H2,1-3H3,(H,29,30). The zero-order valence-corrected chi connectivity index (χ0v) is 18.8. The van der Waals surface area contributed by atoms with Gasteiger partial charge in [-0.1, -0.05) is 54.4 Å². The molecule has 2 aromatic carbocycles. The summed E-state index contributed by atoms with van der Waals surface area (Å²) in [4.78, 5) is 17.8. The molecule has 1 atom stereocenters. The Morgan fingerprint density at radius 1 is 1.23 bits per heavy atom. The third-order valence-electron chi connectivity index (χ3n) is 5.51. The van der Waals surface area contributed by atoms with Crippen LogP contribution in [0.25, 0.3) is 0 Å².